The Morgan fingerprint density at radius 2 is 1.71 bits per heavy atom. The Balaban J connectivity index is 1.45. The van der Waals surface area contributed by atoms with E-state index in [4.69, 9.17) is 13.6 Å². The van der Waals surface area contributed by atoms with Crippen LogP contribution in [-0.4, -0.2) is 18.3 Å². The molecule has 35 heavy (non-hydrogen) atoms. The highest BCUT2D eigenvalue weighted by Crippen LogP contribution is 2.33. The highest BCUT2D eigenvalue weighted by molar-refractivity contribution is 6.17. The van der Waals surface area contributed by atoms with Crippen LogP contribution in [0.15, 0.2) is 81.8 Å². The fourth-order valence-electron chi connectivity index (χ4n) is 4.17. The fourth-order valence-corrected chi connectivity index (χ4v) is 4.17. The van der Waals surface area contributed by atoms with Crippen LogP contribution < -0.4 is 10.1 Å². The summed E-state index contributed by atoms with van der Waals surface area (Å²) < 4.78 is 17.0. The number of ketones is 1. The molecule has 5 rings (SSSR count). The summed E-state index contributed by atoms with van der Waals surface area (Å²) in [5.41, 5.74) is 4.04. The first-order valence-electron chi connectivity index (χ1n) is 11.6. The van der Waals surface area contributed by atoms with E-state index in [1.807, 2.05) is 37.3 Å². The number of furan rings is 2. The normalized spacial score (nSPS) is 11.1. The van der Waals surface area contributed by atoms with Gasteiger partial charge in [-0.15, -0.1) is 0 Å². The molecule has 0 radical (unpaired) electrons. The van der Waals surface area contributed by atoms with E-state index in [0.717, 1.165) is 23.0 Å². The van der Waals surface area contributed by atoms with Gasteiger partial charge in [-0.25, -0.2) is 0 Å². The number of amides is 1. The summed E-state index contributed by atoms with van der Waals surface area (Å²) in [5, 5.41) is 4.51. The van der Waals surface area contributed by atoms with E-state index in [9.17, 15) is 9.59 Å². The van der Waals surface area contributed by atoms with Crippen LogP contribution >= 0.6 is 0 Å². The summed E-state index contributed by atoms with van der Waals surface area (Å²) in [7, 11) is 0. The van der Waals surface area contributed by atoms with Gasteiger partial charge in [-0.1, -0.05) is 25.1 Å². The monoisotopic (exact) mass is 467 g/mol. The van der Waals surface area contributed by atoms with Gasteiger partial charge in [0.15, 0.2) is 5.76 Å². The molecule has 0 bridgehead atoms. The summed E-state index contributed by atoms with van der Waals surface area (Å²) in [5.74, 6) is 0.192. The van der Waals surface area contributed by atoms with E-state index in [-0.39, 0.29) is 23.9 Å². The zero-order valence-corrected chi connectivity index (χ0v) is 19.6. The van der Waals surface area contributed by atoms with Gasteiger partial charge in [0.25, 0.3) is 0 Å². The molecule has 0 aliphatic rings. The number of hydrogen-bond donors (Lipinski definition) is 1. The van der Waals surface area contributed by atoms with Crippen molar-refractivity contribution in [1.82, 2.24) is 0 Å². The Labute approximate surface area is 202 Å². The van der Waals surface area contributed by atoms with Crippen molar-refractivity contribution in [1.29, 1.82) is 0 Å². The minimum Gasteiger partial charge on any atom is -0.494 e. The zero-order valence-electron chi connectivity index (χ0n) is 19.6. The zero-order chi connectivity index (χ0) is 24.4. The number of benzene rings is 3. The second-order valence-corrected chi connectivity index (χ2v) is 8.26. The molecule has 6 nitrogen and oxygen atoms in total. The fraction of sp³-hybridized carbons (Fsp3) is 0.172. The van der Waals surface area contributed by atoms with Crippen molar-refractivity contribution in [3.05, 3.63) is 95.4 Å². The van der Waals surface area contributed by atoms with Crippen molar-refractivity contribution in [3.63, 3.8) is 0 Å². The van der Waals surface area contributed by atoms with Crippen molar-refractivity contribution in [2.75, 3.05) is 11.9 Å². The SMILES string of the molecule is CCOc1ccc(C(=O)c2oc3ccccc3c2NC(=O)Cc2coc3ccc(CC)cc23)cc1. The summed E-state index contributed by atoms with van der Waals surface area (Å²) in [6, 6.07) is 20.1. The average Bonchev–Trinajstić information content (AvgIpc) is 3.45. The Morgan fingerprint density at radius 3 is 2.49 bits per heavy atom. The van der Waals surface area contributed by atoms with Crippen molar-refractivity contribution in [2.45, 2.75) is 26.7 Å². The maximum atomic E-state index is 13.3. The molecule has 0 aliphatic heterocycles. The standard InChI is InChI=1S/C29H25NO5/c1-3-18-9-14-24-23(15-18)20(17-34-24)16-26(31)30-27-22-7-5-6-8-25(22)35-29(27)28(32)19-10-12-21(13-11-19)33-4-2/h5-15,17H,3-4,16H2,1-2H3,(H,30,31). The van der Waals surface area contributed by atoms with E-state index in [0.29, 0.717) is 34.6 Å². The number of rotatable bonds is 8. The molecule has 5 aromatic rings. The number of fused-ring (bicyclic) bond motifs is 2. The second kappa shape index (κ2) is 9.50. The third kappa shape index (κ3) is 4.43. The molecule has 6 heteroatoms. The van der Waals surface area contributed by atoms with Gasteiger partial charge in [0, 0.05) is 21.9 Å². The van der Waals surface area contributed by atoms with Gasteiger partial charge in [-0.3, -0.25) is 9.59 Å². The largest absolute Gasteiger partial charge is 0.494 e. The van der Waals surface area contributed by atoms with Crippen LogP contribution in [0.5, 0.6) is 5.75 Å². The van der Waals surface area contributed by atoms with Gasteiger partial charge in [-0.05, 0) is 67.4 Å². The molecular weight excluding hydrogens is 442 g/mol. The van der Waals surface area contributed by atoms with Gasteiger partial charge < -0.3 is 18.9 Å². The van der Waals surface area contributed by atoms with Crippen LogP contribution in [0.4, 0.5) is 5.69 Å². The third-order valence-corrected chi connectivity index (χ3v) is 5.97. The van der Waals surface area contributed by atoms with E-state index in [2.05, 4.69) is 18.3 Å². The molecule has 0 unspecified atom stereocenters. The molecule has 1 amide bonds. The third-order valence-electron chi connectivity index (χ3n) is 5.97. The lowest BCUT2D eigenvalue weighted by Gasteiger charge is -2.07. The van der Waals surface area contributed by atoms with Crippen LogP contribution in [0.2, 0.25) is 0 Å². The van der Waals surface area contributed by atoms with Crippen LogP contribution in [0.25, 0.3) is 21.9 Å². The predicted octanol–water partition coefficient (Wildman–Crippen LogP) is 6.55. The summed E-state index contributed by atoms with van der Waals surface area (Å²) in [6.07, 6.45) is 2.62. The molecule has 176 valence electrons. The molecule has 0 atom stereocenters. The smallest absolute Gasteiger partial charge is 0.230 e. The highest BCUT2D eigenvalue weighted by atomic mass is 16.5. The van der Waals surface area contributed by atoms with Crippen molar-refractivity contribution < 1.29 is 23.2 Å². The van der Waals surface area contributed by atoms with E-state index in [1.54, 1.807) is 36.6 Å². The van der Waals surface area contributed by atoms with E-state index < -0.39 is 0 Å². The molecule has 2 aromatic heterocycles. The quantitative estimate of drug-likeness (QED) is 0.262. The number of para-hydroxylation sites is 1. The number of carbonyl (C=O) groups is 2. The Kier molecular flexibility index (Phi) is 6.10. The van der Waals surface area contributed by atoms with Gasteiger partial charge in [0.05, 0.1) is 25.0 Å². The maximum Gasteiger partial charge on any atom is 0.230 e. The molecule has 1 N–H and O–H groups in total. The number of carbonyl (C=O) groups excluding carboxylic acids is 2. The number of nitrogens with one attached hydrogen (secondary N) is 1. The second-order valence-electron chi connectivity index (χ2n) is 8.26. The molecule has 0 spiro atoms. The number of hydrogen-bond acceptors (Lipinski definition) is 5. The summed E-state index contributed by atoms with van der Waals surface area (Å²) in [4.78, 5) is 26.5. The Hall–Kier alpha value is -4.32. The van der Waals surface area contributed by atoms with Crippen molar-refractivity contribution in [2.24, 2.45) is 0 Å². The Bertz CT molecular complexity index is 1520. The minimum absolute atomic E-state index is 0.0917. The van der Waals surface area contributed by atoms with Crippen LogP contribution in [-0.2, 0) is 17.6 Å². The minimum atomic E-state index is -0.319. The average molecular weight is 468 g/mol. The molecule has 0 aliphatic carbocycles. The lowest BCUT2D eigenvalue weighted by molar-refractivity contribution is -0.115. The molecule has 3 aromatic carbocycles. The topological polar surface area (TPSA) is 81.7 Å². The number of aryl methyl sites for hydroxylation is 1. The van der Waals surface area contributed by atoms with Crippen LogP contribution in [0, 0.1) is 0 Å². The highest BCUT2D eigenvalue weighted by Gasteiger charge is 2.24. The first-order chi connectivity index (χ1) is 17.1. The van der Waals surface area contributed by atoms with Gasteiger partial charge in [0.2, 0.25) is 11.7 Å². The summed E-state index contributed by atoms with van der Waals surface area (Å²) in [6.45, 7) is 4.52. The van der Waals surface area contributed by atoms with Crippen molar-refractivity contribution >= 4 is 39.3 Å². The Morgan fingerprint density at radius 1 is 0.914 bits per heavy atom. The number of ether oxygens (including phenoxy) is 1. The predicted molar refractivity (Wildman–Crippen MR) is 135 cm³/mol. The maximum absolute atomic E-state index is 13.3. The first-order valence-corrected chi connectivity index (χ1v) is 11.6. The van der Waals surface area contributed by atoms with Gasteiger partial charge in [-0.2, -0.15) is 0 Å². The van der Waals surface area contributed by atoms with Gasteiger partial charge in [0.1, 0.15) is 16.9 Å². The van der Waals surface area contributed by atoms with E-state index in [1.165, 1.54) is 5.56 Å². The lowest BCUT2D eigenvalue weighted by Crippen LogP contribution is -2.16. The van der Waals surface area contributed by atoms with Crippen LogP contribution in [0.3, 0.4) is 0 Å². The van der Waals surface area contributed by atoms with E-state index >= 15 is 0 Å². The molecule has 0 fully saturated rings. The summed E-state index contributed by atoms with van der Waals surface area (Å²) >= 11 is 0. The van der Waals surface area contributed by atoms with Gasteiger partial charge >= 0.3 is 0 Å². The first kappa shape index (κ1) is 22.5. The lowest BCUT2D eigenvalue weighted by atomic mass is 10.0. The van der Waals surface area contributed by atoms with Crippen molar-refractivity contribution in [3.8, 4) is 5.75 Å². The number of anilines is 1. The molecular formula is C29H25NO5. The van der Waals surface area contributed by atoms with Crippen LogP contribution in [0.1, 0.15) is 41.1 Å². The molecule has 0 saturated heterocycles. The molecule has 0 saturated carbocycles. The molecule has 2 heterocycles.